The van der Waals surface area contributed by atoms with Crippen LogP contribution in [0.25, 0.3) is 0 Å². The number of pyridine rings is 1. The highest BCUT2D eigenvalue weighted by Gasteiger charge is 2.07. The van der Waals surface area contributed by atoms with Gasteiger partial charge < -0.3 is 20.3 Å². The molecular weight excluding hydrogens is 433 g/mol. The van der Waals surface area contributed by atoms with Crippen LogP contribution in [0.3, 0.4) is 0 Å². The molecule has 1 aromatic rings. The van der Waals surface area contributed by atoms with Gasteiger partial charge in [0.15, 0.2) is 5.96 Å². The van der Waals surface area contributed by atoms with E-state index in [1.807, 2.05) is 19.1 Å². The molecule has 0 saturated carbocycles. The lowest BCUT2D eigenvalue weighted by molar-refractivity contribution is -0.127. The first-order valence-electron chi connectivity index (χ1n) is 8.37. The summed E-state index contributed by atoms with van der Waals surface area (Å²) in [5, 5.41) is 6.16. The highest BCUT2D eigenvalue weighted by Crippen LogP contribution is 2.15. The minimum atomic E-state index is -0.00873. The zero-order chi connectivity index (χ0) is 17.8. The fraction of sp³-hybridized carbons (Fsp3) is 0.588. The molecule has 2 N–H and O–H groups in total. The number of halogens is 1. The van der Waals surface area contributed by atoms with E-state index >= 15 is 0 Å². The van der Waals surface area contributed by atoms with Crippen molar-refractivity contribution in [2.45, 2.75) is 33.2 Å². The molecule has 1 aromatic heterocycles. The van der Waals surface area contributed by atoms with Gasteiger partial charge in [-0.2, -0.15) is 0 Å². The Hall–Kier alpha value is -1.58. The van der Waals surface area contributed by atoms with E-state index in [-0.39, 0.29) is 36.4 Å². The summed E-state index contributed by atoms with van der Waals surface area (Å²) in [6.45, 7) is 6.10. The predicted octanol–water partition coefficient (Wildman–Crippen LogP) is 2.02. The van der Waals surface area contributed by atoms with E-state index in [2.05, 4.69) is 27.5 Å². The lowest BCUT2D eigenvalue weighted by Crippen LogP contribution is -2.42. The summed E-state index contributed by atoms with van der Waals surface area (Å²) in [6.07, 6.45) is 3.79. The Morgan fingerprint density at radius 1 is 1.32 bits per heavy atom. The quantitative estimate of drug-likeness (QED) is 0.254. The second kappa shape index (κ2) is 13.7. The van der Waals surface area contributed by atoms with Gasteiger partial charge in [0.25, 0.3) is 0 Å². The van der Waals surface area contributed by atoms with Crippen molar-refractivity contribution >= 4 is 35.8 Å². The van der Waals surface area contributed by atoms with Gasteiger partial charge in [0.2, 0.25) is 11.8 Å². The number of guanidine groups is 1. The van der Waals surface area contributed by atoms with Crippen LogP contribution in [0.2, 0.25) is 0 Å². The number of carbonyl (C=O) groups excluding carboxylic acids is 1. The third-order valence-corrected chi connectivity index (χ3v) is 3.24. The number of aromatic nitrogens is 1. The van der Waals surface area contributed by atoms with Crippen LogP contribution in [0.15, 0.2) is 23.3 Å². The average molecular weight is 463 g/mol. The van der Waals surface area contributed by atoms with Crippen molar-refractivity contribution in [1.82, 2.24) is 20.5 Å². The molecule has 0 spiro atoms. The minimum absolute atomic E-state index is 0. The smallest absolute Gasteiger partial charge is 0.241 e. The number of nitrogens with one attached hydrogen (secondary N) is 2. The molecule has 25 heavy (non-hydrogen) atoms. The highest BCUT2D eigenvalue weighted by molar-refractivity contribution is 14.0. The second-order valence-electron chi connectivity index (χ2n) is 5.51. The van der Waals surface area contributed by atoms with E-state index < -0.39 is 0 Å². The third kappa shape index (κ3) is 9.47. The van der Waals surface area contributed by atoms with E-state index in [4.69, 9.17) is 4.74 Å². The van der Waals surface area contributed by atoms with Crippen molar-refractivity contribution in [3.05, 3.63) is 23.9 Å². The van der Waals surface area contributed by atoms with Crippen LogP contribution in [-0.4, -0.2) is 55.5 Å². The molecular formula is C17H30IN5O2. The fourth-order valence-electron chi connectivity index (χ4n) is 1.81. The number of aliphatic imine (C=N–C) groups is 1. The Morgan fingerprint density at radius 3 is 2.72 bits per heavy atom. The molecule has 0 aliphatic heterocycles. The molecule has 0 atom stereocenters. The van der Waals surface area contributed by atoms with Crippen molar-refractivity contribution in [3.8, 4) is 5.88 Å². The summed E-state index contributed by atoms with van der Waals surface area (Å²) in [5.74, 6) is 1.21. The molecule has 1 amide bonds. The summed E-state index contributed by atoms with van der Waals surface area (Å²) in [5.41, 5.74) is 0.921. The Morgan fingerprint density at radius 2 is 2.08 bits per heavy atom. The molecule has 1 rings (SSSR count). The van der Waals surface area contributed by atoms with Crippen LogP contribution in [-0.2, 0) is 11.3 Å². The van der Waals surface area contributed by atoms with Gasteiger partial charge in [0.1, 0.15) is 0 Å². The van der Waals surface area contributed by atoms with E-state index in [1.165, 1.54) is 4.90 Å². The summed E-state index contributed by atoms with van der Waals surface area (Å²) in [4.78, 5) is 22.0. The summed E-state index contributed by atoms with van der Waals surface area (Å²) in [7, 11) is 3.45. The Bertz CT molecular complexity index is 538. The van der Waals surface area contributed by atoms with E-state index in [0.717, 1.165) is 24.9 Å². The largest absolute Gasteiger partial charge is 0.477 e. The molecule has 0 radical (unpaired) electrons. The predicted molar refractivity (Wildman–Crippen MR) is 112 cm³/mol. The number of unbranched alkanes of at least 4 members (excludes halogenated alkanes) is 1. The van der Waals surface area contributed by atoms with Crippen LogP contribution in [0, 0.1) is 0 Å². The van der Waals surface area contributed by atoms with Gasteiger partial charge in [-0.05, 0) is 19.4 Å². The summed E-state index contributed by atoms with van der Waals surface area (Å²) < 4.78 is 5.72. The van der Waals surface area contributed by atoms with Crippen LogP contribution in [0.1, 0.15) is 32.3 Å². The van der Waals surface area contributed by atoms with Crippen molar-refractivity contribution < 1.29 is 9.53 Å². The molecule has 0 aromatic carbocycles. The number of ether oxygens (including phenoxy) is 1. The number of likely N-dealkylation sites (N-methyl/N-ethyl adjacent to an activating group) is 1. The average Bonchev–Trinajstić information content (AvgIpc) is 2.58. The second-order valence-corrected chi connectivity index (χ2v) is 5.51. The molecule has 0 aliphatic carbocycles. The molecule has 0 bridgehead atoms. The maximum absolute atomic E-state index is 11.7. The monoisotopic (exact) mass is 463 g/mol. The van der Waals surface area contributed by atoms with Crippen molar-refractivity contribution in [2.75, 3.05) is 33.8 Å². The zero-order valence-electron chi connectivity index (χ0n) is 15.5. The van der Waals surface area contributed by atoms with E-state index in [1.54, 1.807) is 20.3 Å². The standard InChI is InChI=1S/C17H29N5O2.HI/c1-5-7-11-24-16-14(9-8-10-19-16)12-20-17(18-6-2)21-13-15(23)22(3)4;/h8-10H,5-7,11-13H2,1-4H3,(H2,18,20,21);1H. The first kappa shape index (κ1) is 23.4. The normalized spacial score (nSPS) is 10.6. The Labute approximate surface area is 167 Å². The summed E-state index contributed by atoms with van der Waals surface area (Å²) in [6, 6.07) is 3.82. The molecule has 0 saturated heterocycles. The Kier molecular flexibility index (Phi) is 12.8. The number of nitrogens with zero attached hydrogens (tertiary/aromatic N) is 3. The SMILES string of the molecule is CCCCOc1ncccc1CN=C(NCC)NCC(=O)N(C)C.I. The van der Waals surface area contributed by atoms with Crippen molar-refractivity contribution in [1.29, 1.82) is 0 Å². The minimum Gasteiger partial charge on any atom is -0.477 e. The van der Waals surface area contributed by atoms with Crippen LogP contribution >= 0.6 is 24.0 Å². The molecule has 142 valence electrons. The van der Waals surface area contributed by atoms with Crippen LogP contribution in [0.5, 0.6) is 5.88 Å². The first-order valence-corrected chi connectivity index (χ1v) is 8.37. The molecule has 1 heterocycles. The summed E-state index contributed by atoms with van der Waals surface area (Å²) >= 11 is 0. The molecule has 8 heteroatoms. The molecule has 0 fully saturated rings. The number of amides is 1. The van der Waals surface area contributed by atoms with Gasteiger partial charge in [-0.15, -0.1) is 24.0 Å². The van der Waals surface area contributed by atoms with Crippen LogP contribution in [0.4, 0.5) is 0 Å². The lowest BCUT2D eigenvalue weighted by atomic mass is 10.2. The van der Waals surface area contributed by atoms with Gasteiger partial charge in [-0.1, -0.05) is 19.4 Å². The van der Waals surface area contributed by atoms with Crippen molar-refractivity contribution in [2.24, 2.45) is 4.99 Å². The van der Waals surface area contributed by atoms with Gasteiger partial charge in [-0.25, -0.2) is 9.98 Å². The zero-order valence-corrected chi connectivity index (χ0v) is 17.9. The van der Waals surface area contributed by atoms with Gasteiger partial charge >= 0.3 is 0 Å². The topological polar surface area (TPSA) is 78.9 Å². The molecule has 7 nitrogen and oxygen atoms in total. The number of rotatable bonds is 9. The number of hydrogen-bond acceptors (Lipinski definition) is 4. The highest BCUT2D eigenvalue weighted by atomic mass is 127. The molecule has 0 aliphatic rings. The fourth-order valence-corrected chi connectivity index (χ4v) is 1.81. The maximum Gasteiger partial charge on any atom is 0.241 e. The van der Waals surface area contributed by atoms with E-state index in [9.17, 15) is 4.79 Å². The van der Waals surface area contributed by atoms with Gasteiger partial charge in [-0.3, -0.25) is 4.79 Å². The van der Waals surface area contributed by atoms with Crippen LogP contribution < -0.4 is 15.4 Å². The maximum atomic E-state index is 11.7. The Balaban J connectivity index is 0.00000576. The third-order valence-electron chi connectivity index (χ3n) is 3.24. The van der Waals surface area contributed by atoms with E-state index in [0.29, 0.717) is 25.0 Å². The number of hydrogen-bond donors (Lipinski definition) is 2. The van der Waals surface area contributed by atoms with Gasteiger partial charge in [0, 0.05) is 32.4 Å². The molecule has 0 unspecified atom stereocenters. The number of carbonyl (C=O) groups is 1. The van der Waals surface area contributed by atoms with Crippen molar-refractivity contribution in [3.63, 3.8) is 0 Å². The lowest BCUT2D eigenvalue weighted by Gasteiger charge is -2.14. The first-order chi connectivity index (χ1) is 11.6. The van der Waals surface area contributed by atoms with Gasteiger partial charge in [0.05, 0.1) is 19.7 Å².